The van der Waals surface area contributed by atoms with Crippen LogP contribution in [0.15, 0.2) is 12.4 Å². The topological polar surface area (TPSA) is 75.2 Å². The lowest BCUT2D eigenvalue weighted by molar-refractivity contribution is 0.314. The van der Waals surface area contributed by atoms with Gasteiger partial charge in [0, 0.05) is 37.4 Å². The second kappa shape index (κ2) is 6.50. The molecule has 22 heavy (non-hydrogen) atoms. The van der Waals surface area contributed by atoms with Gasteiger partial charge in [0.15, 0.2) is 0 Å². The second-order valence-electron chi connectivity index (χ2n) is 6.38. The van der Waals surface area contributed by atoms with E-state index in [0.29, 0.717) is 19.1 Å². The molecule has 0 bridgehead atoms. The molecule has 0 spiro atoms. The first-order valence-corrected chi connectivity index (χ1v) is 9.91. The smallest absolute Gasteiger partial charge is 0.211 e. The van der Waals surface area contributed by atoms with Gasteiger partial charge in [0.05, 0.1) is 11.9 Å². The molecule has 1 N–H and O–H groups in total. The van der Waals surface area contributed by atoms with E-state index in [1.54, 1.807) is 16.7 Å². The third kappa shape index (κ3) is 3.57. The fraction of sp³-hybridized carbons (Fsp3) is 0.733. The first-order valence-electron chi connectivity index (χ1n) is 8.06. The highest BCUT2D eigenvalue weighted by Crippen LogP contribution is 2.31. The molecule has 1 saturated heterocycles. The average molecular weight is 324 g/mol. The Balaban J connectivity index is 1.78. The standard InChI is InChI=1S/C15H24N4O2S/c1-22(20,21)19-10-4-5-12(11-19)14-15(17-9-8-16-14)18-13-6-2-3-7-13/h8-9,12-13H,2-7,10-11H2,1H3,(H,17,18). The number of piperidine rings is 1. The molecular weight excluding hydrogens is 300 g/mol. The SMILES string of the molecule is CS(=O)(=O)N1CCCC(c2nccnc2NC2CCCC2)C1. The highest BCUT2D eigenvalue weighted by molar-refractivity contribution is 7.88. The number of hydrogen-bond acceptors (Lipinski definition) is 5. The minimum atomic E-state index is -3.14. The predicted octanol–water partition coefficient (Wildman–Crippen LogP) is 1.97. The molecule has 122 valence electrons. The summed E-state index contributed by atoms with van der Waals surface area (Å²) in [4.78, 5) is 8.98. The van der Waals surface area contributed by atoms with Gasteiger partial charge in [-0.1, -0.05) is 12.8 Å². The third-order valence-corrected chi connectivity index (χ3v) is 5.93. The number of hydrogen-bond donors (Lipinski definition) is 1. The summed E-state index contributed by atoms with van der Waals surface area (Å²) >= 11 is 0. The van der Waals surface area contributed by atoms with Gasteiger partial charge in [-0.25, -0.2) is 17.7 Å². The molecule has 0 aromatic carbocycles. The number of sulfonamides is 1. The molecule has 1 aliphatic heterocycles. The number of aromatic nitrogens is 2. The number of nitrogens with zero attached hydrogens (tertiary/aromatic N) is 3. The summed E-state index contributed by atoms with van der Waals surface area (Å²) in [6, 6.07) is 0.477. The molecule has 1 aromatic rings. The molecule has 1 aromatic heterocycles. The van der Waals surface area contributed by atoms with E-state index in [0.717, 1.165) is 24.4 Å². The maximum atomic E-state index is 11.8. The first kappa shape index (κ1) is 15.7. The van der Waals surface area contributed by atoms with Crippen LogP contribution in [0.5, 0.6) is 0 Å². The quantitative estimate of drug-likeness (QED) is 0.916. The molecule has 1 aliphatic carbocycles. The molecule has 1 unspecified atom stereocenters. The van der Waals surface area contributed by atoms with Crippen molar-refractivity contribution in [3.8, 4) is 0 Å². The fourth-order valence-electron chi connectivity index (χ4n) is 3.49. The summed E-state index contributed by atoms with van der Waals surface area (Å²) in [5.74, 6) is 0.968. The number of rotatable bonds is 4. The average Bonchev–Trinajstić information content (AvgIpc) is 3.00. The van der Waals surface area contributed by atoms with Crippen LogP contribution >= 0.6 is 0 Å². The lowest BCUT2D eigenvalue weighted by Gasteiger charge is -2.31. The van der Waals surface area contributed by atoms with Crippen molar-refractivity contribution in [1.82, 2.24) is 14.3 Å². The maximum absolute atomic E-state index is 11.8. The van der Waals surface area contributed by atoms with Crippen molar-refractivity contribution in [2.24, 2.45) is 0 Å². The molecule has 7 heteroatoms. The Bertz CT molecular complexity index is 614. The van der Waals surface area contributed by atoms with Crippen LogP contribution in [-0.4, -0.2) is 48.1 Å². The van der Waals surface area contributed by atoms with Crippen molar-refractivity contribution in [1.29, 1.82) is 0 Å². The van der Waals surface area contributed by atoms with Gasteiger partial charge in [-0.05, 0) is 25.7 Å². The Morgan fingerprint density at radius 3 is 2.59 bits per heavy atom. The summed E-state index contributed by atoms with van der Waals surface area (Å²) in [6.45, 7) is 1.12. The minimum absolute atomic E-state index is 0.126. The van der Waals surface area contributed by atoms with E-state index in [1.807, 2.05) is 0 Å². The van der Waals surface area contributed by atoms with Crippen molar-refractivity contribution in [3.05, 3.63) is 18.1 Å². The van der Waals surface area contributed by atoms with Gasteiger partial charge in [0.1, 0.15) is 5.82 Å². The van der Waals surface area contributed by atoms with Crippen LogP contribution < -0.4 is 5.32 Å². The molecule has 0 radical (unpaired) electrons. The van der Waals surface area contributed by atoms with Crippen molar-refractivity contribution in [2.75, 3.05) is 24.7 Å². The molecular formula is C15H24N4O2S. The highest BCUT2D eigenvalue weighted by atomic mass is 32.2. The van der Waals surface area contributed by atoms with Crippen molar-refractivity contribution < 1.29 is 8.42 Å². The molecule has 1 atom stereocenters. The van der Waals surface area contributed by atoms with Crippen LogP contribution in [0.1, 0.15) is 50.1 Å². The van der Waals surface area contributed by atoms with Gasteiger partial charge in [0.25, 0.3) is 0 Å². The summed E-state index contributed by atoms with van der Waals surface area (Å²) in [5, 5.41) is 3.52. The maximum Gasteiger partial charge on any atom is 0.211 e. The van der Waals surface area contributed by atoms with E-state index in [9.17, 15) is 8.42 Å². The second-order valence-corrected chi connectivity index (χ2v) is 8.36. The van der Waals surface area contributed by atoms with Gasteiger partial charge in [-0.15, -0.1) is 0 Å². The Kier molecular flexibility index (Phi) is 4.63. The molecule has 2 heterocycles. The van der Waals surface area contributed by atoms with Crippen molar-refractivity contribution in [3.63, 3.8) is 0 Å². The molecule has 3 rings (SSSR count). The minimum Gasteiger partial charge on any atom is -0.366 e. The fourth-order valence-corrected chi connectivity index (χ4v) is 4.40. The molecule has 2 aliphatic rings. The van der Waals surface area contributed by atoms with Crippen LogP contribution in [0.2, 0.25) is 0 Å². The Morgan fingerprint density at radius 2 is 1.86 bits per heavy atom. The van der Waals surface area contributed by atoms with Crippen molar-refractivity contribution >= 4 is 15.8 Å². The Labute approximate surface area is 132 Å². The number of nitrogens with one attached hydrogen (secondary N) is 1. The molecule has 1 saturated carbocycles. The van der Waals surface area contributed by atoms with Crippen LogP contribution in [0.4, 0.5) is 5.82 Å². The Hall–Kier alpha value is -1.21. The lowest BCUT2D eigenvalue weighted by atomic mass is 9.95. The van der Waals surface area contributed by atoms with E-state index >= 15 is 0 Å². The normalized spacial score (nSPS) is 24.5. The van der Waals surface area contributed by atoms with Crippen LogP contribution in [0.3, 0.4) is 0 Å². The van der Waals surface area contributed by atoms with E-state index < -0.39 is 10.0 Å². The van der Waals surface area contributed by atoms with E-state index in [2.05, 4.69) is 15.3 Å². The summed E-state index contributed by atoms with van der Waals surface area (Å²) in [6.07, 6.45) is 11.4. The number of anilines is 1. The highest BCUT2D eigenvalue weighted by Gasteiger charge is 2.30. The zero-order chi connectivity index (χ0) is 15.6. The van der Waals surface area contributed by atoms with Gasteiger partial charge in [-0.2, -0.15) is 0 Å². The van der Waals surface area contributed by atoms with Gasteiger partial charge in [0.2, 0.25) is 10.0 Å². The summed E-state index contributed by atoms with van der Waals surface area (Å²) in [7, 11) is -3.14. The predicted molar refractivity (Wildman–Crippen MR) is 86.3 cm³/mol. The molecule has 6 nitrogen and oxygen atoms in total. The largest absolute Gasteiger partial charge is 0.366 e. The molecule has 0 amide bonds. The van der Waals surface area contributed by atoms with Gasteiger partial charge in [-0.3, -0.25) is 4.98 Å². The van der Waals surface area contributed by atoms with Gasteiger partial charge < -0.3 is 5.32 Å². The van der Waals surface area contributed by atoms with E-state index in [4.69, 9.17) is 0 Å². The Morgan fingerprint density at radius 1 is 1.14 bits per heavy atom. The van der Waals surface area contributed by atoms with E-state index in [1.165, 1.54) is 31.9 Å². The van der Waals surface area contributed by atoms with Crippen LogP contribution in [0, 0.1) is 0 Å². The van der Waals surface area contributed by atoms with Crippen LogP contribution in [0.25, 0.3) is 0 Å². The summed E-state index contributed by atoms with van der Waals surface area (Å²) < 4.78 is 25.2. The zero-order valence-electron chi connectivity index (χ0n) is 13.0. The lowest BCUT2D eigenvalue weighted by Crippen LogP contribution is -2.38. The summed E-state index contributed by atoms with van der Waals surface area (Å²) in [5.41, 5.74) is 0.919. The third-order valence-electron chi connectivity index (χ3n) is 4.66. The van der Waals surface area contributed by atoms with E-state index in [-0.39, 0.29) is 5.92 Å². The van der Waals surface area contributed by atoms with Gasteiger partial charge >= 0.3 is 0 Å². The zero-order valence-corrected chi connectivity index (χ0v) is 13.8. The van der Waals surface area contributed by atoms with Crippen LogP contribution in [-0.2, 0) is 10.0 Å². The monoisotopic (exact) mass is 324 g/mol. The van der Waals surface area contributed by atoms with Crippen molar-refractivity contribution in [2.45, 2.75) is 50.5 Å². The first-order chi connectivity index (χ1) is 10.5. The molecule has 2 fully saturated rings.